The SMILES string of the molecule is CCCC(CCC)(COC)CC(F)CC. The Kier molecular flexibility index (Phi) is 8.03. The largest absolute Gasteiger partial charge is 0.384 e. The van der Waals surface area contributed by atoms with Gasteiger partial charge < -0.3 is 4.74 Å². The summed E-state index contributed by atoms with van der Waals surface area (Å²) in [6, 6.07) is 0. The van der Waals surface area contributed by atoms with E-state index in [0.717, 1.165) is 25.7 Å². The monoisotopic (exact) mass is 218 g/mol. The van der Waals surface area contributed by atoms with E-state index in [1.165, 1.54) is 0 Å². The molecule has 0 saturated heterocycles. The normalized spacial score (nSPS) is 14.2. The van der Waals surface area contributed by atoms with Crippen LogP contribution >= 0.6 is 0 Å². The van der Waals surface area contributed by atoms with E-state index in [2.05, 4.69) is 13.8 Å². The highest BCUT2D eigenvalue weighted by molar-refractivity contribution is 4.81. The smallest absolute Gasteiger partial charge is 0.100 e. The third-order valence-corrected chi connectivity index (χ3v) is 3.11. The number of rotatable bonds is 9. The maximum absolute atomic E-state index is 13.5. The van der Waals surface area contributed by atoms with Gasteiger partial charge in [0.05, 0.1) is 6.61 Å². The summed E-state index contributed by atoms with van der Waals surface area (Å²) in [5, 5.41) is 0. The molecule has 92 valence electrons. The average molecular weight is 218 g/mol. The van der Waals surface area contributed by atoms with Gasteiger partial charge in [0.2, 0.25) is 0 Å². The number of methoxy groups -OCH3 is 1. The molecule has 1 atom stereocenters. The molecule has 0 heterocycles. The summed E-state index contributed by atoms with van der Waals surface area (Å²) < 4.78 is 18.8. The van der Waals surface area contributed by atoms with Crippen LogP contribution in [0.25, 0.3) is 0 Å². The highest BCUT2D eigenvalue weighted by Gasteiger charge is 2.31. The van der Waals surface area contributed by atoms with E-state index in [1.54, 1.807) is 7.11 Å². The summed E-state index contributed by atoms with van der Waals surface area (Å²) >= 11 is 0. The third kappa shape index (κ3) is 5.50. The van der Waals surface area contributed by atoms with Crippen LogP contribution in [0.1, 0.15) is 59.3 Å². The molecule has 0 spiro atoms. The lowest BCUT2D eigenvalue weighted by molar-refractivity contribution is 0.0356. The topological polar surface area (TPSA) is 9.23 Å². The minimum Gasteiger partial charge on any atom is -0.384 e. The fourth-order valence-electron chi connectivity index (χ4n) is 2.51. The molecule has 0 aliphatic rings. The second kappa shape index (κ2) is 8.09. The molecule has 0 aliphatic carbocycles. The first-order valence-corrected chi connectivity index (χ1v) is 6.27. The Morgan fingerprint density at radius 2 is 1.67 bits per heavy atom. The fraction of sp³-hybridized carbons (Fsp3) is 1.00. The summed E-state index contributed by atoms with van der Waals surface area (Å²) in [7, 11) is 1.72. The van der Waals surface area contributed by atoms with E-state index < -0.39 is 6.17 Å². The van der Waals surface area contributed by atoms with Crippen LogP contribution in [0.2, 0.25) is 0 Å². The first-order valence-electron chi connectivity index (χ1n) is 6.27. The van der Waals surface area contributed by atoms with Crippen LogP contribution in [0.4, 0.5) is 4.39 Å². The second-order valence-corrected chi connectivity index (χ2v) is 4.64. The predicted molar refractivity (Wildman–Crippen MR) is 63.9 cm³/mol. The lowest BCUT2D eigenvalue weighted by Gasteiger charge is -2.34. The first-order chi connectivity index (χ1) is 7.14. The van der Waals surface area contributed by atoms with Gasteiger partial charge in [-0.25, -0.2) is 4.39 Å². The van der Waals surface area contributed by atoms with Gasteiger partial charge in [0.1, 0.15) is 6.17 Å². The Balaban J connectivity index is 4.44. The lowest BCUT2D eigenvalue weighted by atomic mass is 9.75. The van der Waals surface area contributed by atoms with Crippen LogP contribution in [-0.4, -0.2) is 19.9 Å². The highest BCUT2D eigenvalue weighted by atomic mass is 19.1. The second-order valence-electron chi connectivity index (χ2n) is 4.64. The van der Waals surface area contributed by atoms with Crippen LogP contribution in [0.3, 0.4) is 0 Å². The van der Waals surface area contributed by atoms with E-state index in [0.29, 0.717) is 19.4 Å². The predicted octanol–water partition coefficient (Wildman–Crippen LogP) is 4.36. The van der Waals surface area contributed by atoms with Crippen molar-refractivity contribution in [3.8, 4) is 0 Å². The number of alkyl halides is 1. The van der Waals surface area contributed by atoms with Gasteiger partial charge in [0, 0.05) is 7.11 Å². The maximum atomic E-state index is 13.5. The molecule has 0 rings (SSSR count). The molecule has 2 heteroatoms. The molecule has 0 aliphatic heterocycles. The Hall–Kier alpha value is -0.110. The van der Waals surface area contributed by atoms with Crippen LogP contribution < -0.4 is 0 Å². The summed E-state index contributed by atoms with van der Waals surface area (Å²) in [6.45, 7) is 6.95. The summed E-state index contributed by atoms with van der Waals surface area (Å²) in [6.07, 6.45) is 5.00. The molecule has 0 saturated carbocycles. The van der Waals surface area contributed by atoms with Crippen molar-refractivity contribution in [1.82, 2.24) is 0 Å². The molecule has 0 radical (unpaired) electrons. The summed E-state index contributed by atoms with van der Waals surface area (Å²) in [4.78, 5) is 0. The standard InChI is InChI=1S/C13H27FO/c1-5-8-13(9-6-2,11-15-4)10-12(14)7-3/h12H,5-11H2,1-4H3. The van der Waals surface area contributed by atoms with Crippen molar-refractivity contribution in [3.63, 3.8) is 0 Å². The van der Waals surface area contributed by atoms with Crippen LogP contribution in [0.5, 0.6) is 0 Å². The Morgan fingerprint density at radius 3 is 2.00 bits per heavy atom. The highest BCUT2D eigenvalue weighted by Crippen LogP contribution is 2.36. The van der Waals surface area contributed by atoms with Crippen molar-refractivity contribution in [3.05, 3.63) is 0 Å². The summed E-state index contributed by atoms with van der Waals surface area (Å²) in [5.41, 5.74) is 0.0771. The Morgan fingerprint density at radius 1 is 1.13 bits per heavy atom. The molecule has 0 aromatic heterocycles. The number of hydrogen-bond acceptors (Lipinski definition) is 1. The molecule has 1 unspecified atom stereocenters. The van der Waals surface area contributed by atoms with Gasteiger partial charge in [-0.2, -0.15) is 0 Å². The molecule has 0 aromatic carbocycles. The van der Waals surface area contributed by atoms with Gasteiger partial charge in [-0.05, 0) is 31.1 Å². The van der Waals surface area contributed by atoms with E-state index in [4.69, 9.17) is 4.74 Å². The van der Waals surface area contributed by atoms with Crippen molar-refractivity contribution < 1.29 is 9.13 Å². The molecule has 0 fully saturated rings. The molecular weight excluding hydrogens is 191 g/mol. The van der Waals surface area contributed by atoms with Crippen molar-refractivity contribution in [2.45, 2.75) is 65.5 Å². The van der Waals surface area contributed by atoms with Crippen molar-refractivity contribution in [2.24, 2.45) is 5.41 Å². The van der Waals surface area contributed by atoms with E-state index in [9.17, 15) is 4.39 Å². The minimum absolute atomic E-state index is 0.0771. The Bertz CT molecular complexity index is 130. The van der Waals surface area contributed by atoms with E-state index >= 15 is 0 Å². The van der Waals surface area contributed by atoms with Crippen LogP contribution in [0, 0.1) is 5.41 Å². The van der Waals surface area contributed by atoms with Gasteiger partial charge in [0.25, 0.3) is 0 Å². The minimum atomic E-state index is -0.668. The molecule has 0 N–H and O–H groups in total. The zero-order valence-corrected chi connectivity index (χ0v) is 10.8. The van der Waals surface area contributed by atoms with Gasteiger partial charge in [-0.1, -0.05) is 33.6 Å². The molecule has 0 bridgehead atoms. The number of hydrogen-bond donors (Lipinski definition) is 0. The molecule has 0 amide bonds. The fourth-order valence-corrected chi connectivity index (χ4v) is 2.51. The molecular formula is C13H27FO. The van der Waals surface area contributed by atoms with E-state index in [-0.39, 0.29) is 5.41 Å². The average Bonchev–Trinajstić information content (AvgIpc) is 2.18. The quantitative estimate of drug-likeness (QED) is 0.559. The van der Waals surface area contributed by atoms with Crippen molar-refractivity contribution in [1.29, 1.82) is 0 Å². The number of ether oxygens (including phenoxy) is 1. The first kappa shape index (κ1) is 14.9. The molecule has 1 nitrogen and oxygen atoms in total. The van der Waals surface area contributed by atoms with E-state index in [1.807, 2.05) is 6.92 Å². The lowest BCUT2D eigenvalue weighted by Crippen LogP contribution is -2.30. The van der Waals surface area contributed by atoms with Crippen LogP contribution in [-0.2, 0) is 4.74 Å². The van der Waals surface area contributed by atoms with Crippen LogP contribution in [0.15, 0.2) is 0 Å². The maximum Gasteiger partial charge on any atom is 0.100 e. The van der Waals surface area contributed by atoms with Gasteiger partial charge in [0.15, 0.2) is 0 Å². The van der Waals surface area contributed by atoms with Crippen molar-refractivity contribution in [2.75, 3.05) is 13.7 Å². The summed E-state index contributed by atoms with van der Waals surface area (Å²) in [5.74, 6) is 0. The zero-order valence-electron chi connectivity index (χ0n) is 10.8. The molecule has 15 heavy (non-hydrogen) atoms. The zero-order chi connectivity index (χ0) is 11.7. The van der Waals surface area contributed by atoms with Gasteiger partial charge in [-0.15, -0.1) is 0 Å². The third-order valence-electron chi connectivity index (χ3n) is 3.11. The van der Waals surface area contributed by atoms with Gasteiger partial charge >= 0.3 is 0 Å². The Labute approximate surface area is 94.4 Å². The van der Waals surface area contributed by atoms with Gasteiger partial charge in [-0.3, -0.25) is 0 Å². The van der Waals surface area contributed by atoms with Crippen molar-refractivity contribution >= 4 is 0 Å². The molecule has 0 aromatic rings. The number of halogens is 1.